The Morgan fingerprint density at radius 1 is 1.07 bits per heavy atom. The molecule has 1 saturated carbocycles. The molecule has 5 nitrogen and oxygen atoms in total. The van der Waals surface area contributed by atoms with Crippen molar-refractivity contribution in [3.63, 3.8) is 0 Å². The van der Waals surface area contributed by atoms with Gasteiger partial charge in [0.1, 0.15) is 6.04 Å². The molecular formula is C23H43N3O2. The fraction of sp³-hybridized carbons (Fsp3) is 0.913. The zero-order chi connectivity index (χ0) is 20.5. The van der Waals surface area contributed by atoms with E-state index in [1.165, 1.54) is 32.2 Å². The Bertz CT molecular complexity index is 486. The van der Waals surface area contributed by atoms with Crippen LogP contribution in [0.2, 0.25) is 0 Å². The van der Waals surface area contributed by atoms with Gasteiger partial charge in [0.05, 0.1) is 0 Å². The molecule has 2 N–H and O–H groups in total. The van der Waals surface area contributed by atoms with Crippen molar-refractivity contribution in [1.29, 1.82) is 0 Å². The summed E-state index contributed by atoms with van der Waals surface area (Å²) < 4.78 is 0. The molecule has 1 aliphatic heterocycles. The molecule has 0 aromatic heterocycles. The second-order valence-corrected chi connectivity index (χ2v) is 9.43. The van der Waals surface area contributed by atoms with Crippen LogP contribution >= 0.6 is 0 Å². The van der Waals surface area contributed by atoms with E-state index in [9.17, 15) is 9.59 Å². The Balaban J connectivity index is 1.73. The smallest absolute Gasteiger partial charge is 0.242 e. The maximum absolute atomic E-state index is 12.7. The Labute approximate surface area is 172 Å². The van der Waals surface area contributed by atoms with Gasteiger partial charge in [-0.05, 0) is 69.7 Å². The first-order valence-electron chi connectivity index (χ1n) is 11.7. The zero-order valence-corrected chi connectivity index (χ0v) is 18.6. The molecule has 0 aromatic rings. The van der Waals surface area contributed by atoms with Crippen molar-refractivity contribution in [3.8, 4) is 0 Å². The summed E-state index contributed by atoms with van der Waals surface area (Å²) in [5, 5.41) is 6.12. The number of carbonyl (C=O) groups is 2. The molecule has 28 heavy (non-hydrogen) atoms. The van der Waals surface area contributed by atoms with E-state index in [1.807, 2.05) is 13.8 Å². The molecule has 2 aliphatic rings. The highest BCUT2D eigenvalue weighted by molar-refractivity contribution is 5.88. The molecule has 162 valence electrons. The minimum atomic E-state index is -0.426. The summed E-state index contributed by atoms with van der Waals surface area (Å²) in [6, 6.07) is 0.288. The van der Waals surface area contributed by atoms with Crippen LogP contribution in [-0.2, 0) is 9.59 Å². The van der Waals surface area contributed by atoms with Crippen molar-refractivity contribution in [2.45, 2.75) is 97.6 Å². The van der Waals surface area contributed by atoms with E-state index in [-0.39, 0.29) is 23.7 Å². The van der Waals surface area contributed by atoms with E-state index in [2.05, 4.69) is 29.4 Å². The molecule has 2 amide bonds. The van der Waals surface area contributed by atoms with Gasteiger partial charge in [-0.15, -0.1) is 0 Å². The van der Waals surface area contributed by atoms with Crippen LogP contribution in [0.1, 0.15) is 85.5 Å². The number of nitrogens with one attached hydrogen (secondary N) is 2. The first-order chi connectivity index (χ1) is 13.4. The molecule has 1 aliphatic carbocycles. The summed E-state index contributed by atoms with van der Waals surface area (Å²) in [5.41, 5.74) is 0. The second kappa shape index (κ2) is 11.8. The molecule has 2 rings (SSSR count). The van der Waals surface area contributed by atoms with Gasteiger partial charge in [0.2, 0.25) is 11.8 Å². The first kappa shape index (κ1) is 23.2. The highest BCUT2D eigenvalue weighted by Crippen LogP contribution is 2.28. The van der Waals surface area contributed by atoms with Gasteiger partial charge in [0.25, 0.3) is 0 Å². The number of nitrogens with zero attached hydrogens (tertiary/aromatic N) is 1. The molecule has 0 radical (unpaired) electrons. The van der Waals surface area contributed by atoms with Gasteiger partial charge in [-0.3, -0.25) is 9.59 Å². The van der Waals surface area contributed by atoms with E-state index in [0.717, 1.165) is 44.6 Å². The SMILES string of the molecule is CC[C@@H]1CCCCN1CCCNC(=O)[C@@H](NC(=O)C1CCC(C)CC1)C(C)C. The van der Waals surface area contributed by atoms with E-state index < -0.39 is 6.04 Å². The van der Waals surface area contributed by atoms with E-state index in [0.29, 0.717) is 12.6 Å². The number of carbonyl (C=O) groups excluding carboxylic acids is 2. The van der Waals surface area contributed by atoms with E-state index in [4.69, 9.17) is 0 Å². The van der Waals surface area contributed by atoms with Gasteiger partial charge in [-0.1, -0.05) is 34.1 Å². The lowest BCUT2D eigenvalue weighted by Crippen LogP contribution is -2.51. The third-order valence-electron chi connectivity index (χ3n) is 6.78. The second-order valence-electron chi connectivity index (χ2n) is 9.43. The highest BCUT2D eigenvalue weighted by Gasteiger charge is 2.29. The predicted octanol–water partition coefficient (Wildman–Crippen LogP) is 3.72. The summed E-state index contributed by atoms with van der Waals surface area (Å²) in [6.45, 7) is 11.5. The average Bonchev–Trinajstić information content (AvgIpc) is 2.69. The van der Waals surface area contributed by atoms with Gasteiger partial charge >= 0.3 is 0 Å². The fourth-order valence-corrected chi connectivity index (χ4v) is 4.75. The Kier molecular flexibility index (Phi) is 9.76. The molecular weight excluding hydrogens is 350 g/mol. The summed E-state index contributed by atoms with van der Waals surface area (Å²) in [6.07, 6.45) is 10.3. The zero-order valence-electron chi connectivity index (χ0n) is 18.6. The minimum Gasteiger partial charge on any atom is -0.354 e. The molecule has 0 aromatic carbocycles. The number of likely N-dealkylation sites (tertiary alicyclic amines) is 1. The topological polar surface area (TPSA) is 61.4 Å². The van der Waals surface area contributed by atoms with Crippen molar-refractivity contribution < 1.29 is 9.59 Å². The molecule has 1 heterocycles. The van der Waals surface area contributed by atoms with Crippen LogP contribution in [0.5, 0.6) is 0 Å². The van der Waals surface area contributed by atoms with Gasteiger partial charge in [-0.2, -0.15) is 0 Å². The molecule has 0 bridgehead atoms. The van der Waals surface area contributed by atoms with Crippen LogP contribution in [0.4, 0.5) is 0 Å². The maximum Gasteiger partial charge on any atom is 0.242 e. The molecule has 2 fully saturated rings. The van der Waals surface area contributed by atoms with Crippen LogP contribution in [0.3, 0.4) is 0 Å². The first-order valence-corrected chi connectivity index (χ1v) is 11.7. The molecule has 0 unspecified atom stereocenters. The van der Waals surface area contributed by atoms with Crippen molar-refractivity contribution in [1.82, 2.24) is 15.5 Å². The maximum atomic E-state index is 12.7. The summed E-state index contributed by atoms with van der Waals surface area (Å²) >= 11 is 0. The Morgan fingerprint density at radius 3 is 2.43 bits per heavy atom. The van der Waals surface area contributed by atoms with Crippen LogP contribution in [0.25, 0.3) is 0 Å². The summed E-state index contributed by atoms with van der Waals surface area (Å²) in [4.78, 5) is 27.9. The number of hydrogen-bond donors (Lipinski definition) is 2. The van der Waals surface area contributed by atoms with Gasteiger partial charge in [-0.25, -0.2) is 0 Å². The summed E-state index contributed by atoms with van der Waals surface area (Å²) in [7, 11) is 0. The number of rotatable bonds is 9. The van der Waals surface area contributed by atoms with E-state index >= 15 is 0 Å². The normalized spacial score (nSPS) is 27.4. The van der Waals surface area contributed by atoms with Crippen LogP contribution in [-0.4, -0.2) is 48.4 Å². The fourth-order valence-electron chi connectivity index (χ4n) is 4.75. The lowest BCUT2D eigenvalue weighted by molar-refractivity contribution is -0.132. The van der Waals surface area contributed by atoms with Gasteiger partial charge in [0.15, 0.2) is 0 Å². The monoisotopic (exact) mass is 393 g/mol. The minimum absolute atomic E-state index is 0.0294. The molecule has 1 saturated heterocycles. The van der Waals surface area contributed by atoms with Crippen LogP contribution < -0.4 is 10.6 Å². The van der Waals surface area contributed by atoms with Gasteiger partial charge in [0, 0.05) is 25.0 Å². The molecule has 0 spiro atoms. The van der Waals surface area contributed by atoms with E-state index in [1.54, 1.807) is 0 Å². The molecule has 2 atom stereocenters. The number of amides is 2. The average molecular weight is 394 g/mol. The van der Waals surface area contributed by atoms with Crippen molar-refractivity contribution in [2.24, 2.45) is 17.8 Å². The van der Waals surface area contributed by atoms with Crippen molar-refractivity contribution >= 4 is 11.8 Å². The summed E-state index contributed by atoms with van der Waals surface area (Å²) in [5.74, 6) is 0.937. The van der Waals surface area contributed by atoms with Crippen LogP contribution in [0, 0.1) is 17.8 Å². The van der Waals surface area contributed by atoms with Crippen molar-refractivity contribution in [3.05, 3.63) is 0 Å². The predicted molar refractivity (Wildman–Crippen MR) is 115 cm³/mol. The molecule has 5 heteroatoms. The quantitative estimate of drug-likeness (QED) is 0.587. The lowest BCUT2D eigenvalue weighted by atomic mass is 9.82. The number of hydrogen-bond acceptors (Lipinski definition) is 3. The van der Waals surface area contributed by atoms with Crippen LogP contribution in [0.15, 0.2) is 0 Å². The lowest BCUT2D eigenvalue weighted by Gasteiger charge is -2.35. The Morgan fingerprint density at radius 2 is 1.79 bits per heavy atom. The third-order valence-corrected chi connectivity index (χ3v) is 6.78. The van der Waals surface area contributed by atoms with Gasteiger partial charge < -0.3 is 15.5 Å². The largest absolute Gasteiger partial charge is 0.354 e. The standard InChI is InChI=1S/C23H43N3O2/c1-5-20-9-6-7-15-26(20)16-8-14-24-23(28)21(17(2)3)25-22(27)19-12-10-18(4)11-13-19/h17-21H,5-16H2,1-4H3,(H,24,28)(H,25,27)/t18?,19?,20-,21+/m1/s1. The Hall–Kier alpha value is -1.10. The number of piperidine rings is 1. The third kappa shape index (κ3) is 7.06. The van der Waals surface area contributed by atoms with Crippen molar-refractivity contribution in [2.75, 3.05) is 19.6 Å². The highest BCUT2D eigenvalue weighted by atomic mass is 16.2.